The predicted octanol–water partition coefficient (Wildman–Crippen LogP) is 3.29. The first kappa shape index (κ1) is 15.2. The molecule has 1 aromatic carbocycles. The van der Waals surface area contributed by atoms with Gasteiger partial charge in [-0.05, 0) is 70.5 Å². The number of nitrogens with one attached hydrogen (secondary N) is 1. The van der Waals surface area contributed by atoms with Gasteiger partial charge in [0.1, 0.15) is 0 Å². The molecule has 3 heteroatoms. The summed E-state index contributed by atoms with van der Waals surface area (Å²) < 4.78 is 0. The Labute approximate surface area is 124 Å². The van der Waals surface area contributed by atoms with E-state index in [0.29, 0.717) is 0 Å². The molecular weight excluding hydrogens is 246 g/mol. The Morgan fingerprint density at radius 1 is 1.20 bits per heavy atom. The first-order chi connectivity index (χ1) is 9.72. The van der Waals surface area contributed by atoms with Crippen LogP contribution in [-0.4, -0.2) is 44.7 Å². The van der Waals surface area contributed by atoms with E-state index < -0.39 is 0 Å². The number of hydrogen-bond acceptors (Lipinski definition) is 3. The quantitative estimate of drug-likeness (QED) is 0.859. The van der Waals surface area contributed by atoms with E-state index in [0.717, 1.165) is 25.6 Å². The van der Waals surface area contributed by atoms with E-state index in [1.807, 2.05) is 0 Å². The molecule has 1 unspecified atom stereocenters. The second-order valence-corrected chi connectivity index (χ2v) is 5.87. The Kier molecular flexibility index (Phi) is 5.72. The molecule has 0 spiro atoms. The van der Waals surface area contributed by atoms with Crippen LogP contribution in [0.3, 0.4) is 0 Å². The summed E-state index contributed by atoms with van der Waals surface area (Å²) in [5.74, 6) is 0.788. The largest absolute Gasteiger partial charge is 0.385 e. The first-order valence-corrected chi connectivity index (χ1v) is 8.00. The normalized spacial score (nSPS) is 19.9. The predicted molar refractivity (Wildman–Crippen MR) is 88.7 cm³/mol. The summed E-state index contributed by atoms with van der Waals surface area (Å²) in [5, 5.41) is 3.59. The standard InChI is InChI=1S/C17H29N3/c1-4-20(5-2)17-10-8-16(9-11-17)18-13-15-7-6-12-19(3)14-15/h8-11,15,18H,4-7,12-14H2,1-3H3. The SMILES string of the molecule is CCN(CC)c1ccc(NCC2CCCN(C)C2)cc1. The molecule has 2 rings (SSSR count). The minimum atomic E-state index is 0.788. The van der Waals surface area contributed by atoms with Gasteiger partial charge in [0.05, 0.1) is 0 Å². The first-order valence-electron chi connectivity index (χ1n) is 8.00. The molecule has 0 radical (unpaired) electrons. The van der Waals surface area contributed by atoms with E-state index in [-0.39, 0.29) is 0 Å². The number of piperidine rings is 1. The average molecular weight is 275 g/mol. The maximum Gasteiger partial charge on any atom is 0.0367 e. The van der Waals surface area contributed by atoms with Gasteiger partial charge in [-0.25, -0.2) is 0 Å². The lowest BCUT2D eigenvalue weighted by molar-refractivity contribution is 0.217. The molecule has 1 N–H and O–H groups in total. The van der Waals surface area contributed by atoms with Crippen molar-refractivity contribution in [2.24, 2.45) is 5.92 Å². The Bertz CT molecular complexity index is 384. The Morgan fingerprint density at radius 3 is 2.50 bits per heavy atom. The summed E-state index contributed by atoms with van der Waals surface area (Å²) in [7, 11) is 2.23. The third-order valence-corrected chi connectivity index (χ3v) is 4.31. The van der Waals surface area contributed by atoms with Crippen LogP contribution in [0.2, 0.25) is 0 Å². The minimum Gasteiger partial charge on any atom is -0.385 e. The summed E-state index contributed by atoms with van der Waals surface area (Å²) in [6.45, 7) is 10.1. The topological polar surface area (TPSA) is 18.5 Å². The van der Waals surface area contributed by atoms with Crippen molar-refractivity contribution in [1.82, 2.24) is 4.90 Å². The molecule has 0 aromatic heterocycles. The molecule has 1 saturated heterocycles. The fraction of sp³-hybridized carbons (Fsp3) is 0.647. The van der Waals surface area contributed by atoms with E-state index in [2.05, 4.69) is 60.3 Å². The number of rotatable bonds is 6. The van der Waals surface area contributed by atoms with Crippen molar-refractivity contribution < 1.29 is 0 Å². The van der Waals surface area contributed by atoms with Crippen molar-refractivity contribution in [2.45, 2.75) is 26.7 Å². The molecule has 1 heterocycles. The van der Waals surface area contributed by atoms with Crippen molar-refractivity contribution in [2.75, 3.05) is 50.0 Å². The highest BCUT2D eigenvalue weighted by atomic mass is 15.1. The number of benzene rings is 1. The lowest BCUT2D eigenvalue weighted by Gasteiger charge is -2.30. The second kappa shape index (κ2) is 7.53. The van der Waals surface area contributed by atoms with E-state index in [4.69, 9.17) is 0 Å². The molecular formula is C17H29N3. The number of anilines is 2. The Hall–Kier alpha value is -1.22. The summed E-state index contributed by atoms with van der Waals surface area (Å²) in [5.41, 5.74) is 2.56. The van der Waals surface area contributed by atoms with Gasteiger partial charge in [-0.2, -0.15) is 0 Å². The molecule has 0 bridgehead atoms. The molecule has 0 amide bonds. The third-order valence-electron chi connectivity index (χ3n) is 4.31. The van der Waals surface area contributed by atoms with E-state index >= 15 is 0 Å². The molecule has 1 aliphatic rings. The molecule has 1 atom stereocenters. The maximum atomic E-state index is 3.59. The van der Waals surface area contributed by atoms with Crippen LogP contribution in [0, 0.1) is 5.92 Å². The summed E-state index contributed by atoms with van der Waals surface area (Å²) in [6, 6.07) is 8.87. The molecule has 112 valence electrons. The van der Waals surface area contributed by atoms with E-state index in [1.165, 1.54) is 37.3 Å². The molecule has 20 heavy (non-hydrogen) atoms. The van der Waals surface area contributed by atoms with Crippen molar-refractivity contribution in [3.8, 4) is 0 Å². The summed E-state index contributed by atoms with van der Waals surface area (Å²) in [4.78, 5) is 4.82. The molecule has 1 fully saturated rings. The van der Waals surface area contributed by atoms with E-state index in [1.54, 1.807) is 0 Å². The zero-order chi connectivity index (χ0) is 14.4. The Balaban J connectivity index is 1.84. The average Bonchev–Trinajstić information content (AvgIpc) is 2.48. The lowest BCUT2D eigenvalue weighted by atomic mass is 9.98. The highest BCUT2D eigenvalue weighted by Crippen LogP contribution is 2.19. The molecule has 1 aromatic rings. The zero-order valence-electron chi connectivity index (χ0n) is 13.2. The van der Waals surface area contributed by atoms with Crippen LogP contribution in [0.4, 0.5) is 11.4 Å². The lowest BCUT2D eigenvalue weighted by Crippen LogP contribution is -2.35. The maximum absolute atomic E-state index is 3.59. The Morgan fingerprint density at radius 2 is 1.90 bits per heavy atom. The van der Waals surface area contributed by atoms with Gasteiger partial charge < -0.3 is 15.1 Å². The van der Waals surface area contributed by atoms with Crippen molar-refractivity contribution >= 4 is 11.4 Å². The molecule has 0 saturated carbocycles. The molecule has 0 aliphatic carbocycles. The fourth-order valence-electron chi connectivity index (χ4n) is 3.08. The van der Waals surface area contributed by atoms with Crippen LogP contribution in [0.1, 0.15) is 26.7 Å². The van der Waals surface area contributed by atoms with Gasteiger partial charge in [-0.1, -0.05) is 0 Å². The number of likely N-dealkylation sites (tertiary alicyclic amines) is 1. The van der Waals surface area contributed by atoms with Crippen LogP contribution >= 0.6 is 0 Å². The van der Waals surface area contributed by atoms with E-state index in [9.17, 15) is 0 Å². The van der Waals surface area contributed by atoms with Gasteiger partial charge in [-0.3, -0.25) is 0 Å². The van der Waals surface area contributed by atoms with Crippen LogP contribution in [-0.2, 0) is 0 Å². The second-order valence-electron chi connectivity index (χ2n) is 5.87. The van der Waals surface area contributed by atoms with Crippen LogP contribution in [0.5, 0.6) is 0 Å². The van der Waals surface area contributed by atoms with Gasteiger partial charge in [0.2, 0.25) is 0 Å². The van der Waals surface area contributed by atoms with Gasteiger partial charge in [-0.15, -0.1) is 0 Å². The van der Waals surface area contributed by atoms with Gasteiger partial charge >= 0.3 is 0 Å². The zero-order valence-corrected chi connectivity index (χ0v) is 13.2. The monoisotopic (exact) mass is 275 g/mol. The van der Waals surface area contributed by atoms with Crippen molar-refractivity contribution in [1.29, 1.82) is 0 Å². The summed E-state index contributed by atoms with van der Waals surface area (Å²) in [6.07, 6.45) is 2.69. The van der Waals surface area contributed by atoms with Crippen LogP contribution in [0.15, 0.2) is 24.3 Å². The van der Waals surface area contributed by atoms with Crippen molar-refractivity contribution in [3.63, 3.8) is 0 Å². The summed E-state index contributed by atoms with van der Waals surface area (Å²) >= 11 is 0. The third kappa shape index (κ3) is 4.14. The number of nitrogens with zero attached hydrogens (tertiary/aromatic N) is 2. The van der Waals surface area contributed by atoms with Gasteiger partial charge in [0, 0.05) is 37.6 Å². The van der Waals surface area contributed by atoms with Crippen LogP contribution < -0.4 is 10.2 Å². The highest BCUT2D eigenvalue weighted by molar-refractivity contribution is 5.55. The van der Waals surface area contributed by atoms with Crippen molar-refractivity contribution in [3.05, 3.63) is 24.3 Å². The molecule has 3 nitrogen and oxygen atoms in total. The fourth-order valence-corrected chi connectivity index (χ4v) is 3.08. The smallest absolute Gasteiger partial charge is 0.0367 e. The van der Waals surface area contributed by atoms with Crippen LogP contribution in [0.25, 0.3) is 0 Å². The highest BCUT2D eigenvalue weighted by Gasteiger charge is 2.16. The molecule has 1 aliphatic heterocycles. The van der Waals surface area contributed by atoms with Gasteiger partial charge in [0.15, 0.2) is 0 Å². The number of hydrogen-bond donors (Lipinski definition) is 1. The minimum absolute atomic E-state index is 0.788. The van der Waals surface area contributed by atoms with Gasteiger partial charge in [0.25, 0.3) is 0 Å².